The van der Waals surface area contributed by atoms with E-state index in [1.807, 2.05) is 36.4 Å². The van der Waals surface area contributed by atoms with Crippen LogP contribution in [-0.4, -0.2) is 70.3 Å². The molecule has 218 valence electrons. The number of aromatic nitrogens is 3. The van der Waals surface area contributed by atoms with Gasteiger partial charge in [0.05, 0.1) is 29.3 Å². The van der Waals surface area contributed by atoms with Gasteiger partial charge in [-0.2, -0.15) is 0 Å². The first kappa shape index (κ1) is 29.5. The fourth-order valence-electron chi connectivity index (χ4n) is 4.46. The van der Waals surface area contributed by atoms with Gasteiger partial charge in [-0.25, -0.2) is 9.97 Å². The molecule has 0 unspecified atom stereocenters. The molecule has 1 aliphatic heterocycles. The molecule has 0 atom stereocenters. The summed E-state index contributed by atoms with van der Waals surface area (Å²) in [6, 6.07) is 17.8. The number of aliphatic carboxylic acids is 1. The molecule has 1 saturated heterocycles. The number of pyridine rings is 1. The van der Waals surface area contributed by atoms with Crippen molar-refractivity contribution in [1.82, 2.24) is 19.9 Å². The number of carboxylic acids is 1. The molecule has 1 fully saturated rings. The van der Waals surface area contributed by atoms with Crippen LogP contribution >= 0.6 is 22.9 Å². The molecule has 10 nitrogen and oxygen atoms in total. The molecule has 0 bridgehead atoms. The molecule has 6 rings (SSSR count). The second kappa shape index (κ2) is 14.2. The van der Waals surface area contributed by atoms with Crippen LogP contribution in [0, 0.1) is 0 Å². The average molecular weight is 607 g/mol. The van der Waals surface area contributed by atoms with Gasteiger partial charge < -0.3 is 25.2 Å². The van der Waals surface area contributed by atoms with Gasteiger partial charge in [0.15, 0.2) is 0 Å². The number of rotatable bonds is 9. The van der Waals surface area contributed by atoms with E-state index in [1.165, 1.54) is 0 Å². The van der Waals surface area contributed by atoms with Gasteiger partial charge in [-0.15, -0.1) is 11.3 Å². The SMILES string of the molecule is CC(=O)O.Clc1cc(Nc2ncnc3sc4cc(NCCN5CCOCC5)ccc4c23)ccc1OCc1ccccn1. The molecular formula is C30H31ClN6O4S. The molecule has 3 N–H and O–H groups in total. The highest BCUT2D eigenvalue weighted by molar-refractivity contribution is 7.25. The molecule has 0 aliphatic carbocycles. The van der Waals surface area contributed by atoms with Crippen LogP contribution in [-0.2, 0) is 16.1 Å². The van der Waals surface area contributed by atoms with Crippen LogP contribution in [0.25, 0.3) is 20.3 Å². The Kier molecular flexibility index (Phi) is 9.98. The lowest BCUT2D eigenvalue weighted by Crippen LogP contribution is -2.38. The molecule has 1 aliphatic rings. The van der Waals surface area contributed by atoms with Gasteiger partial charge in [-0.1, -0.05) is 23.7 Å². The zero-order valence-electron chi connectivity index (χ0n) is 23.0. The van der Waals surface area contributed by atoms with E-state index in [2.05, 4.69) is 48.7 Å². The van der Waals surface area contributed by atoms with Gasteiger partial charge in [0.25, 0.3) is 5.97 Å². The maximum atomic E-state index is 9.00. The lowest BCUT2D eigenvalue weighted by molar-refractivity contribution is -0.134. The first-order chi connectivity index (χ1) is 20.5. The number of carboxylic acid groups (broad SMARTS) is 1. The summed E-state index contributed by atoms with van der Waals surface area (Å²) in [6.07, 6.45) is 3.33. The van der Waals surface area contributed by atoms with Crippen LogP contribution in [0.4, 0.5) is 17.2 Å². The van der Waals surface area contributed by atoms with Gasteiger partial charge >= 0.3 is 0 Å². The van der Waals surface area contributed by atoms with Crippen molar-refractivity contribution in [2.75, 3.05) is 50.0 Å². The van der Waals surface area contributed by atoms with Crippen LogP contribution in [0.5, 0.6) is 5.75 Å². The first-order valence-corrected chi connectivity index (χ1v) is 14.7. The lowest BCUT2D eigenvalue weighted by atomic mass is 10.2. The Balaban J connectivity index is 0.000000830. The summed E-state index contributed by atoms with van der Waals surface area (Å²) < 4.78 is 12.5. The van der Waals surface area contributed by atoms with Crippen LogP contribution in [0.15, 0.2) is 67.1 Å². The molecule has 5 aromatic rings. The normalized spacial score (nSPS) is 13.4. The largest absolute Gasteiger partial charge is 0.486 e. The second-order valence-electron chi connectivity index (χ2n) is 9.50. The summed E-state index contributed by atoms with van der Waals surface area (Å²) in [7, 11) is 0. The molecule has 0 saturated carbocycles. The molecule has 3 aromatic heterocycles. The summed E-state index contributed by atoms with van der Waals surface area (Å²) >= 11 is 8.19. The Morgan fingerprint density at radius 2 is 1.90 bits per heavy atom. The van der Waals surface area contributed by atoms with Gasteiger partial charge in [-0.05, 0) is 42.5 Å². The highest BCUT2D eigenvalue weighted by atomic mass is 35.5. The topological polar surface area (TPSA) is 122 Å². The number of ether oxygens (including phenoxy) is 2. The van der Waals surface area contributed by atoms with Crippen LogP contribution in [0.3, 0.4) is 0 Å². The fraction of sp³-hybridized carbons (Fsp3) is 0.267. The van der Waals surface area contributed by atoms with Crippen LogP contribution < -0.4 is 15.4 Å². The van der Waals surface area contributed by atoms with E-state index in [0.29, 0.717) is 17.4 Å². The molecule has 12 heteroatoms. The number of hydrogen-bond donors (Lipinski definition) is 3. The first-order valence-electron chi connectivity index (χ1n) is 13.5. The standard InChI is InChI=1S/C28H27ClN6O2S.C2H4O2/c29-23-15-20(5-7-24(23)37-17-21-3-1-2-8-30-21)34-27-26-22-6-4-19(16-25(22)38-28(26)33-18-32-27)31-9-10-35-11-13-36-14-12-35;1-2(3)4/h1-8,15-16,18,31H,9-14,17H2,(H,32,33,34);1H3,(H,3,4). The minimum atomic E-state index is -0.833. The second-order valence-corrected chi connectivity index (χ2v) is 10.9. The van der Waals surface area contributed by atoms with E-state index in [-0.39, 0.29) is 0 Å². The van der Waals surface area contributed by atoms with E-state index in [9.17, 15) is 0 Å². The molecular weight excluding hydrogens is 576 g/mol. The number of benzene rings is 2. The van der Waals surface area contributed by atoms with Gasteiger partial charge in [0.2, 0.25) is 0 Å². The summed E-state index contributed by atoms with van der Waals surface area (Å²) in [6.45, 7) is 6.97. The van der Waals surface area contributed by atoms with Crippen LogP contribution in [0.2, 0.25) is 5.02 Å². The Morgan fingerprint density at radius 1 is 1.10 bits per heavy atom. The van der Waals surface area contributed by atoms with Crippen molar-refractivity contribution in [2.24, 2.45) is 0 Å². The molecule has 2 aromatic carbocycles. The van der Waals surface area contributed by atoms with E-state index < -0.39 is 5.97 Å². The van der Waals surface area contributed by atoms with Gasteiger partial charge in [-0.3, -0.25) is 14.7 Å². The average Bonchev–Trinajstić information content (AvgIpc) is 3.36. The van der Waals surface area contributed by atoms with E-state index >= 15 is 0 Å². The number of thiophene rings is 1. The van der Waals surface area contributed by atoms with Crippen molar-refractivity contribution < 1.29 is 19.4 Å². The minimum Gasteiger partial charge on any atom is -0.486 e. The number of hydrogen-bond acceptors (Lipinski definition) is 10. The third-order valence-corrected chi connectivity index (χ3v) is 7.78. The smallest absolute Gasteiger partial charge is 0.300 e. The third kappa shape index (κ3) is 7.83. The summed E-state index contributed by atoms with van der Waals surface area (Å²) in [5, 5.41) is 17.0. The Hall–Kier alpha value is -4.03. The van der Waals surface area contributed by atoms with Crippen molar-refractivity contribution >= 4 is 66.4 Å². The summed E-state index contributed by atoms with van der Waals surface area (Å²) in [4.78, 5) is 25.7. The molecule has 0 amide bonds. The Labute approximate surface area is 252 Å². The predicted molar refractivity (Wildman–Crippen MR) is 167 cm³/mol. The van der Waals surface area contributed by atoms with Crippen LogP contribution in [0.1, 0.15) is 12.6 Å². The third-order valence-electron chi connectivity index (χ3n) is 6.43. The van der Waals surface area contributed by atoms with Crippen molar-refractivity contribution in [3.63, 3.8) is 0 Å². The van der Waals surface area contributed by atoms with E-state index in [4.69, 9.17) is 31.0 Å². The van der Waals surface area contributed by atoms with Crippen molar-refractivity contribution in [3.8, 4) is 5.75 Å². The Bertz CT molecular complexity index is 1640. The zero-order valence-corrected chi connectivity index (χ0v) is 24.6. The summed E-state index contributed by atoms with van der Waals surface area (Å²) in [5.74, 6) is 0.512. The maximum Gasteiger partial charge on any atom is 0.300 e. The molecule has 4 heterocycles. The summed E-state index contributed by atoms with van der Waals surface area (Å²) in [5.41, 5.74) is 2.77. The number of fused-ring (bicyclic) bond motifs is 3. The quantitative estimate of drug-likeness (QED) is 0.183. The lowest BCUT2D eigenvalue weighted by Gasteiger charge is -2.26. The van der Waals surface area contributed by atoms with Gasteiger partial charge in [0, 0.05) is 60.8 Å². The van der Waals surface area contributed by atoms with E-state index in [1.54, 1.807) is 23.9 Å². The number of nitrogens with one attached hydrogen (secondary N) is 2. The van der Waals surface area contributed by atoms with Crippen molar-refractivity contribution in [2.45, 2.75) is 13.5 Å². The fourth-order valence-corrected chi connectivity index (χ4v) is 5.78. The van der Waals surface area contributed by atoms with Gasteiger partial charge in [0.1, 0.15) is 29.3 Å². The highest BCUT2D eigenvalue weighted by Crippen LogP contribution is 2.38. The molecule has 0 spiro atoms. The van der Waals surface area contributed by atoms with Crippen molar-refractivity contribution in [1.29, 1.82) is 0 Å². The maximum absolute atomic E-state index is 9.00. The number of morpholine rings is 1. The van der Waals surface area contributed by atoms with E-state index in [0.717, 1.165) is 89.5 Å². The number of carbonyl (C=O) groups is 1. The molecule has 42 heavy (non-hydrogen) atoms. The number of nitrogens with zero attached hydrogens (tertiary/aromatic N) is 4. The zero-order chi connectivity index (χ0) is 29.3. The number of anilines is 3. The minimum absolute atomic E-state index is 0.352. The molecule has 0 radical (unpaired) electrons. The highest BCUT2D eigenvalue weighted by Gasteiger charge is 2.14. The van der Waals surface area contributed by atoms with Crippen molar-refractivity contribution in [3.05, 3.63) is 77.8 Å². The Morgan fingerprint density at radius 3 is 2.67 bits per heavy atom. The monoisotopic (exact) mass is 606 g/mol. The predicted octanol–water partition coefficient (Wildman–Crippen LogP) is 6.05. The number of halogens is 1.